The molecule has 1 rings (SSSR count). The number of hydrogen-bond acceptors (Lipinski definition) is 3. The summed E-state index contributed by atoms with van der Waals surface area (Å²) in [5.41, 5.74) is 6.27. The van der Waals surface area contributed by atoms with E-state index in [1.165, 1.54) is 0 Å². The number of rotatable bonds is 3. The van der Waals surface area contributed by atoms with Crippen molar-refractivity contribution in [2.24, 2.45) is 11.1 Å². The van der Waals surface area contributed by atoms with Crippen LogP contribution in [0.25, 0.3) is 0 Å². The topological polar surface area (TPSA) is 38.5 Å². The first-order valence-corrected chi connectivity index (χ1v) is 6.48. The van der Waals surface area contributed by atoms with E-state index in [-0.39, 0.29) is 0 Å². The second-order valence-corrected chi connectivity index (χ2v) is 6.18. The Kier molecular flexibility index (Phi) is 5.22. The Balaban J connectivity index is 2.56. The molecule has 2 atom stereocenters. The highest BCUT2D eigenvalue weighted by atomic mass is 16.5. The van der Waals surface area contributed by atoms with E-state index >= 15 is 0 Å². The van der Waals surface area contributed by atoms with Crippen LogP contribution in [0.4, 0.5) is 0 Å². The second kappa shape index (κ2) is 5.99. The van der Waals surface area contributed by atoms with Crippen LogP contribution < -0.4 is 5.73 Å². The summed E-state index contributed by atoms with van der Waals surface area (Å²) in [5, 5.41) is 0. The van der Waals surface area contributed by atoms with Gasteiger partial charge in [0, 0.05) is 32.3 Å². The van der Waals surface area contributed by atoms with E-state index < -0.39 is 0 Å². The normalized spacial score (nSPS) is 26.4. The number of nitrogens with two attached hydrogens (primary N) is 1. The molecule has 0 amide bonds. The molecule has 1 fully saturated rings. The monoisotopic (exact) mass is 228 g/mol. The van der Waals surface area contributed by atoms with Gasteiger partial charge in [-0.05, 0) is 25.2 Å². The van der Waals surface area contributed by atoms with E-state index in [1.807, 2.05) is 0 Å². The third-order valence-electron chi connectivity index (χ3n) is 3.12. The molecular formula is C13H28N2O. The number of hydrogen-bond donors (Lipinski definition) is 1. The predicted octanol–water partition coefficient (Wildman–Crippen LogP) is 1.86. The lowest BCUT2D eigenvalue weighted by molar-refractivity contribution is 0.0567. The molecule has 1 heterocycles. The summed E-state index contributed by atoms with van der Waals surface area (Å²) in [6.07, 6.45) is 2.64. The average molecular weight is 228 g/mol. The van der Waals surface area contributed by atoms with Crippen molar-refractivity contribution < 1.29 is 4.74 Å². The highest BCUT2D eigenvalue weighted by Gasteiger charge is 2.25. The third kappa shape index (κ3) is 4.81. The maximum atomic E-state index is 5.92. The molecule has 0 aromatic carbocycles. The summed E-state index contributed by atoms with van der Waals surface area (Å²) in [4.78, 5) is 2.52. The zero-order chi connectivity index (χ0) is 12.2. The Morgan fingerprint density at radius 2 is 2.12 bits per heavy atom. The molecule has 96 valence electrons. The van der Waals surface area contributed by atoms with Gasteiger partial charge in [0.15, 0.2) is 0 Å². The fraction of sp³-hybridized carbons (Fsp3) is 1.00. The fourth-order valence-electron chi connectivity index (χ4n) is 2.43. The van der Waals surface area contributed by atoms with Gasteiger partial charge in [0.2, 0.25) is 0 Å². The first kappa shape index (κ1) is 13.9. The van der Waals surface area contributed by atoms with Crippen LogP contribution in [-0.4, -0.2) is 43.3 Å². The van der Waals surface area contributed by atoms with Crippen LogP contribution in [-0.2, 0) is 4.74 Å². The van der Waals surface area contributed by atoms with Crippen LogP contribution in [0.5, 0.6) is 0 Å². The van der Waals surface area contributed by atoms with Crippen molar-refractivity contribution in [1.29, 1.82) is 0 Å². The molecule has 0 spiro atoms. The lowest BCUT2D eigenvalue weighted by Crippen LogP contribution is -2.45. The molecule has 3 heteroatoms. The molecule has 3 nitrogen and oxygen atoms in total. The maximum absolute atomic E-state index is 5.92. The lowest BCUT2D eigenvalue weighted by atomic mass is 9.87. The minimum Gasteiger partial charge on any atom is -0.377 e. The molecule has 0 aromatic rings. The van der Waals surface area contributed by atoms with Crippen molar-refractivity contribution in [1.82, 2.24) is 4.90 Å². The summed E-state index contributed by atoms with van der Waals surface area (Å²) in [5.74, 6) is 0. The molecule has 1 aliphatic heterocycles. The van der Waals surface area contributed by atoms with Crippen LogP contribution in [0.1, 0.15) is 40.5 Å². The summed E-state index contributed by atoms with van der Waals surface area (Å²) < 4.78 is 5.68. The standard InChI is InChI=1S/C13H28N2O/c1-11-10-15(6-5-7-16-11)12(9-14)8-13(2,3)4/h11-12H,5-10,14H2,1-4H3. The van der Waals surface area contributed by atoms with Gasteiger partial charge in [-0.25, -0.2) is 0 Å². The molecule has 1 aliphatic rings. The molecule has 1 saturated heterocycles. The summed E-state index contributed by atoms with van der Waals surface area (Å²) >= 11 is 0. The van der Waals surface area contributed by atoms with E-state index in [0.717, 1.165) is 39.1 Å². The van der Waals surface area contributed by atoms with Gasteiger partial charge in [-0.15, -0.1) is 0 Å². The van der Waals surface area contributed by atoms with Crippen molar-refractivity contribution in [2.75, 3.05) is 26.2 Å². The smallest absolute Gasteiger partial charge is 0.0674 e. The fourth-order valence-corrected chi connectivity index (χ4v) is 2.43. The zero-order valence-electron chi connectivity index (χ0n) is 11.3. The zero-order valence-corrected chi connectivity index (χ0v) is 11.3. The molecule has 0 saturated carbocycles. The largest absolute Gasteiger partial charge is 0.377 e. The molecule has 0 radical (unpaired) electrons. The molecule has 0 aliphatic carbocycles. The van der Waals surface area contributed by atoms with Crippen LogP contribution in [0, 0.1) is 5.41 Å². The molecule has 2 N–H and O–H groups in total. The first-order chi connectivity index (χ1) is 7.42. The van der Waals surface area contributed by atoms with Crippen molar-refractivity contribution >= 4 is 0 Å². The molecular weight excluding hydrogens is 200 g/mol. The van der Waals surface area contributed by atoms with E-state index in [0.29, 0.717) is 17.6 Å². The predicted molar refractivity (Wildman–Crippen MR) is 68.5 cm³/mol. The molecule has 0 bridgehead atoms. The maximum Gasteiger partial charge on any atom is 0.0674 e. The highest BCUT2D eigenvalue weighted by Crippen LogP contribution is 2.24. The Morgan fingerprint density at radius 3 is 2.69 bits per heavy atom. The van der Waals surface area contributed by atoms with E-state index in [1.54, 1.807) is 0 Å². The van der Waals surface area contributed by atoms with Gasteiger partial charge in [0.1, 0.15) is 0 Å². The minimum atomic E-state index is 0.344. The van der Waals surface area contributed by atoms with Crippen LogP contribution >= 0.6 is 0 Å². The summed E-state index contributed by atoms with van der Waals surface area (Å²) in [7, 11) is 0. The summed E-state index contributed by atoms with van der Waals surface area (Å²) in [6.45, 7) is 12.8. The van der Waals surface area contributed by atoms with Crippen molar-refractivity contribution in [3.05, 3.63) is 0 Å². The second-order valence-electron chi connectivity index (χ2n) is 6.18. The SMILES string of the molecule is CC1CN(C(CN)CC(C)(C)C)CCCO1. The third-order valence-corrected chi connectivity index (χ3v) is 3.12. The average Bonchev–Trinajstić information content (AvgIpc) is 2.38. The van der Waals surface area contributed by atoms with Crippen LogP contribution in [0.2, 0.25) is 0 Å². The highest BCUT2D eigenvalue weighted by molar-refractivity contribution is 4.80. The number of ether oxygens (including phenoxy) is 1. The van der Waals surface area contributed by atoms with Gasteiger partial charge in [-0.2, -0.15) is 0 Å². The molecule has 2 unspecified atom stereocenters. The quantitative estimate of drug-likeness (QED) is 0.801. The minimum absolute atomic E-state index is 0.344. The Labute approximate surface area is 100 Å². The van der Waals surface area contributed by atoms with E-state index in [9.17, 15) is 0 Å². The van der Waals surface area contributed by atoms with Crippen LogP contribution in [0.15, 0.2) is 0 Å². The van der Waals surface area contributed by atoms with Gasteiger partial charge in [0.25, 0.3) is 0 Å². The Hall–Kier alpha value is -0.120. The first-order valence-electron chi connectivity index (χ1n) is 6.48. The molecule has 0 aromatic heterocycles. The molecule has 16 heavy (non-hydrogen) atoms. The van der Waals surface area contributed by atoms with Gasteiger partial charge in [-0.3, -0.25) is 4.90 Å². The Morgan fingerprint density at radius 1 is 1.44 bits per heavy atom. The van der Waals surface area contributed by atoms with Gasteiger partial charge in [0.05, 0.1) is 6.10 Å². The van der Waals surface area contributed by atoms with E-state index in [4.69, 9.17) is 10.5 Å². The Bertz CT molecular complexity index is 201. The summed E-state index contributed by atoms with van der Waals surface area (Å²) in [6, 6.07) is 0.504. The van der Waals surface area contributed by atoms with Gasteiger partial charge in [-0.1, -0.05) is 20.8 Å². The van der Waals surface area contributed by atoms with Gasteiger partial charge < -0.3 is 10.5 Å². The van der Waals surface area contributed by atoms with Crippen molar-refractivity contribution in [3.8, 4) is 0 Å². The lowest BCUT2D eigenvalue weighted by Gasteiger charge is -2.34. The number of nitrogens with zero attached hydrogens (tertiary/aromatic N) is 1. The van der Waals surface area contributed by atoms with Crippen molar-refractivity contribution in [3.63, 3.8) is 0 Å². The van der Waals surface area contributed by atoms with Crippen molar-refractivity contribution in [2.45, 2.75) is 52.7 Å². The van der Waals surface area contributed by atoms with Crippen LogP contribution in [0.3, 0.4) is 0 Å². The van der Waals surface area contributed by atoms with E-state index in [2.05, 4.69) is 32.6 Å². The van der Waals surface area contributed by atoms with Gasteiger partial charge >= 0.3 is 0 Å².